The molecule has 5 nitrogen and oxygen atoms in total. The van der Waals surface area contributed by atoms with Crippen LogP contribution in [0.4, 0.5) is 0 Å². The smallest absolute Gasteiger partial charge is 0.271 e. The Kier molecular flexibility index (Phi) is 2.60. The maximum atomic E-state index is 11.9. The summed E-state index contributed by atoms with van der Waals surface area (Å²) in [5.74, 6) is 1.29. The molecule has 1 fully saturated rings. The van der Waals surface area contributed by atoms with Crippen LogP contribution in [0.25, 0.3) is 12.2 Å². The van der Waals surface area contributed by atoms with Crippen molar-refractivity contribution in [3.63, 3.8) is 0 Å². The van der Waals surface area contributed by atoms with E-state index in [4.69, 9.17) is 4.74 Å². The molecule has 0 saturated heterocycles. The molecular formula is C16H15N3O2. The minimum absolute atomic E-state index is 0.0819. The van der Waals surface area contributed by atoms with Crippen LogP contribution in [0.3, 0.4) is 0 Å². The Morgan fingerprint density at radius 1 is 1.33 bits per heavy atom. The van der Waals surface area contributed by atoms with Gasteiger partial charge < -0.3 is 9.84 Å². The number of aromatic amines is 2. The summed E-state index contributed by atoms with van der Waals surface area (Å²) in [6, 6.07) is 5.76. The molecule has 1 aliphatic carbocycles. The third-order valence-corrected chi connectivity index (χ3v) is 3.91. The minimum atomic E-state index is -0.0819. The van der Waals surface area contributed by atoms with Gasteiger partial charge in [0.1, 0.15) is 5.75 Å². The summed E-state index contributed by atoms with van der Waals surface area (Å²) in [6.07, 6.45) is 6.11. The Hall–Kier alpha value is -2.56. The number of H-pyrrole nitrogens is 2. The van der Waals surface area contributed by atoms with Crippen molar-refractivity contribution in [3.05, 3.63) is 56.1 Å². The lowest BCUT2D eigenvalue weighted by Crippen LogP contribution is -2.20. The molecule has 4 rings (SSSR count). The van der Waals surface area contributed by atoms with Crippen LogP contribution < -0.4 is 20.9 Å². The van der Waals surface area contributed by atoms with E-state index in [9.17, 15) is 4.79 Å². The molecule has 1 saturated carbocycles. The zero-order chi connectivity index (χ0) is 14.4. The van der Waals surface area contributed by atoms with Crippen molar-refractivity contribution >= 4 is 12.2 Å². The van der Waals surface area contributed by atoms with E-state index >= 15 is 0 Å². The maximum Gasteiger partial charge on any atom is 0.271 e. The summed E-state index contributed by atoms with van der Waals surface area (Å²) in [7, 11) is 1.64. The third-order valence-electron chi connectivity index (χ3n) is 3.91. The molecule has 2 aliphatic rings. The van der Waals surface area contributed by atoms with Crippen LogP contribution in [0.1, 0.15) is 30.0 Å². The van der Waals surface area contributed by atoms with Gasteiger partial charge in [0.05, 0.1) is 23.7 Å². The van der Waals surface area contributed by atoms with E-state index < -0.39 is 0 Å². The van der Waals surface area contributed by atoms with Gasteiger partial charge >= 0.3 is 0 Å². The number of benzene rings is 1. The number of nitrogens with one attached hydrogen (secondary N) is 2. The summed E-state index contributed by atoms with van der Waals surface area (Å²) in [5.41, 5.74) is 2.42. The monoisotopic (exact) mass is 281 g/mol. The fourth-order valence-corrected chi connectivity index (χ4v) is 2.65. The average Bonchev–Trinajstić information content (AvgIpc) is 3.16. The molecular weight excluding hydrogens is 266 g/mol. The lowest BCUT2D eigenvalue weighted by molar-refractivity contribution is 0.414. The quantitative estimate of drug-likeness (QED) is 0.882. The number of rotatable bonds is 3. The molecule has 0 unspecified atom stereocenters. The van der Waals surface area contributed by atoms with Gasteiger partial charge in [-0.25, -0.2) is 4.99 Å². The lowest BCUT2D eigenvalue weighted by Gasteiger charge is -1.95. The van der Waals surface area contributed by atoms with E-state index in [2.05, 4.69) is 15.2 Å². The van der Waals surface area contributed by atoms with Crippen LogP contribution in [0, 0.1) is 0 Å². The van der Waals surface area contributed by atoms with E-state index in [1.807, 2.05) is 30.4 Å². The second-order valence-electron chi connectivity index (χ2n) is 5.43. The number of allylic oxidation sites excluding steroid dienone is 1. The highest BCUT2D eigenvalue weighted by atomic mass is 16.5. The number of hydrogen-bond acceptors (Lipinski definition) is 3. The molecule has 0 amide bonds. The second-order valence-corrected chi connectivity index (χ2v) is 5.43. The van der Waals surface area contributed by atoms with Gasteiger partial charge in [-0.1, -0.05) is 0 Å². The zero-order valence-electron chi connectivity index (χ0n) is 11.6. The standard InChI is InChI=1S/C16H15N3O2/c1-21-12-4-5-14-10(7-12)6-11(17-14)8-13-15(9-2-3-9)18-19-16(13)20/h4-9H,2-3H2,1H3,(H2,18,19,20). The first-order chi connectivity index (χ1) is 10.2. The number of ether oxygens (including phenoxy) is 1. The van der Waals surface area contributed by atoms with Gasteiger partial charge in [0.2, 0.25) is 0 Å². The minimum Gasteiger partial charge on any atom is -0.497 e. The van der Waals surface area contributed by atoms with Crippen LogP contribution in [-0.2, 0) is 0 Å². The van der Waals surface area contributed by atoms with Crippen molar-refractivity contribution in [1.29, 1.82) is 0 Å². The summed E-state index contributed by atoms with van der Waals surface area (Å²) >= 11 is 0. The Morgan fingerprint density at radius 3 is 2.95 bits per heavy atom. The summed E-state index contributed by atoms with van der Waals surface area (Å²) in [4.78, 5) is 16.5. The molecule has 0 bridgehead atoms. The number of nitrogens with zero attached hydrogens (tertiary/aromatic N) is 1. The predicted octanol–water partition coefficient (Wildman–Crippen LogP) is 1.04. The van der Waals surface area contributed by atoms with E-state index in [0.717, 1.165) is 40.6 Å². The molecule has 1 aliphatic heterocycles. The van der Waals surface area contributed by atoms with E-state index in [0.29, 0.717) is 11.5 Å². The first-order valence-corrected chi connectivity index (χ1v) is 7.01. The second kappa shape index (κ2) is 4.48. The number of aromatic nitrogens is 2. The highest BCUT2D eigenvalue weighted by Gasteiger charge is 2.28. The van der Waals surface area contributed by atoms with Gasteiger partial charge in [0.15, 0.2) is 0 Å². The van der Waals surface area contributed by atoms with Crippen molar-refractivity contribution in [1.82, 2.24) is 10.2 Å². The van der Waals surface area contributed by atoms with Crippen LogP contribution in [-0.4, -0.2) is 17.3 Å². The van der Waals surface area contributed by atoms with E-state index in [-0.39, 0.29) is 5.56 Å². The Labute approximate surface area is 120 Å². The van der Waals surface area contributed by atoms with Gasteiger partial charge in [-0.15, -0.1) is 0 Å². The fraction of sp³-hybridized carbons (Fsp3) is 0.250. The molecule has 2 heterocycles. The fourth-order valence-electron chi connectivity index (χ4n) is 2.65. The van der Waals surface area contributed by atoms with Crippen molar-refractivity contribution in [2.45, 2.75) is 18.8 Å². The Balaban J connectivity index is 1.80. The molecule has 106 valence electrons. The van der Waals surface area contributed by atoms with Crippen LogP contribution in [0.2, 0.25) is 0 Å². The number of hydrogen-bond donors (Lipinski definition) is 2. The molecule has 2 N–H and O–H groups in total. The van der Waals surface area contributed by atoms with Gasteiger partial charge in [-0.3, -0.25) is 9.89 Å². The van der Waals surface area contributed by atoms with Crippen molar-refractivity contribution in [3.8, 4) is 5.75 Å². The first kappa shape index (κ1) is 12.2. The summed E-state index contributed by atoms with van der Waals surface area (Å²) < 4.78 is 5.22. The predicted molar refractivity (Wildman–Crippen MR) is 79.6 cm³/mol. The largest absolute Gasteiger partial charge is 0.497 e. The molecule has 21 heavy (non-hydrogen) atoms. The van der Waals surface area contributed by atoms with Gasteiger partial charge in [-0.05, 0) is 43.2 Å². The van der Waals surface area contributed by atoms with E-state index in [1.165, 1.54) is 0 Å². The Morgan fingerprint density at radius 2 is 2.19 bits per heavy atom. The van der Waals surface area contributed by atoms with Crippen molar-refractivity contribution in [2.75, 3.05) is 7.11 Å². The molecule has 2 aromatic rings. The van der Waals surface area contributed by atoms with E-state index in [1.54, 1.807) is 7.11 Å². The van der Waals surface area contributed by atoms with Crippen LogP contribution in [0.15, 0.2) is 33.7 Å². The molecule has 0 radical (unpaired) electrons. The topological polar surface area (TPSA) is 70.2 Å². The lowest BCUT2D eigenvalue weighted by atomic mass is 10.1. The summed E-state index contributed by atoms with van der Waals surface area (Å²) in [6.45, 7) is 0. The summed E-state index contributed by atoms with van der Waals surface area (Å²) in [5, 5.41) is 7.58. The Bertz CT molecular complexity index is 914. The van der Waals surface area contributed by atoms with Crippen LogP contribution >= 0.6 is 0 Å². The number of fused-ring (bicyclic) bond motifs is 1. The molecule has 1 aromatic heterocycles. The number of methoxy groups -OCH3 is 1. The maximum absolute atomic E-state index is 11.9. The average molecular weight is 281 g/mol. The zero-order valence-corrected chi connectivity index (χ0v) is 11.6. The van der Waals surface area contributed by atoms with Crippen molar-refractivity contribution < 1.29 is 4.74 Å². The van der Waals surface area contributed by atoms with Crippen LogP contribution in [0.5, 0.6) is 5.75 Å². The van der Waals surface area contributed by atoms with Gasteiger partial charge in [0, 0.05) is 16.8 Å². The SMILES string of the molecule is COc1ccc2c(c1)=CC(=Cc1c(C3CC3)[nH][nH]c1=O)N=2. The molecule has 1 aromatic carbocycles. The highest BCUT2D eigenvalue weighted by molar-refractivity contribution is 5.67. The first-order valence-electron chi connectivity index (χ1n) is 7.01. The van der Waals surface area contributed by atoms with Crippen molar-refractivity contribution in [2.24, 2.45) is 4.99 Å². The molecule has 0 atom stereocenters. The third kappa shape index (κ3) is 2.11. The van der Waals surface area contributed by atoms with Gasteiger partial charge in [0.25, 0.3) is 5.56 Å². The normalized spacial score (nSPS) is 18.2. The molecule has 5 heteroatoms. The van der Waals surface area contributed by atoms with Gasteiger partial charge in [-0.2, -0.15) is 0 Å². The molecule has 0 spiro atoms. The highest BCUT2D eigenvalue weighted by Crippen LogP contribution is 2.40.